The van der Waals surface area contributed by atoms with E-state index in [4.69, 9.17) is 0 Å². The standard InChI is InChI=1S/C22H37N7O.HI/c1-18-5-3-6-19(17-18)7-11-24-21(23-2)25-12-8-20(30)28-13-15-29(16-14-28)22-26-9-4-10-27-22;/h4,9-10,18-19H,3,5-8,11-17H2,1-2H3,(H2,23,24,25);1H. The van der Waals surface area contributed by atoms with Gasteiger partial charge in [-0.15, -0.1) is 24.0 Å². The number of amides is 1. The Morgan fingerprint density at radius 3 is 2.52 bits per heavy atom. The Morgan fingerprint density at radius 2 is 1.84 bits per heavy atom. The Labute approximate surface area is 203 Å². The predicted molar refractivity (Wildman–Crippen MR) is 136 cm³/mol. The third-order valence-corrected chi connectivity index (χ3v) is 6.21. The normalized spacial score (nSPS) is 21.9. The highest BCUT2D eigenvalue weighted by atomic mass is 127. The lowest BCUT2D eigenvalue weighted by molar-refractivity contribution is -0.131. The fourth-order valence-corrected chi connectivity index (χ4v) is 4.49. The summed E-state index contributed by atoms with van der Waals surface area (Å²) < 4.78 is 0. The molecule has 0 spiro atoms. The molecule has 0 radical (unpaired) electrons. The van der Waals surface area contributed by atoms with Gasteiger partial charge in [-0.2, -0.15) is 0 Å². The van der Waals surface area contributed by atoms with Crippen molar-refractivity contribution in [1.29, 1.82) is 0 Å². The van der Waals surface area contributed by atoms with Gasteiger partial charge in [-0.05, 0) is 30.7 Å². The van der Waals surface area contributed by atoms with Crippen molar-refractivity contribution in [2.75, 3.05) is 51.2 Å². The van der Waals surface area contributed by atoms with Gasteiger partial charge in [0.25, 0.3) is 0 Å². The van der Waals surface area contributed by atoms with Gasteiger partial charge in [0.15, 0.2) is 5.96 Å². The minimum atomic E-state index is 0. The minimum absolute atomic E-state index is 0. The molecule has 1 aliphatic heterocycles. The maximum absolute atomic E-state index is 12.5. The Balaban J connectivity index is 0.00000341. The molecule has 8 nitrogen and oxygen atoms in total. The molecule has 1 saturated heterocycles. The Kier molecular flexibility index (Phi) is 11.3. The van der Waals surface area contributed by atoms with Crippen molar-refractivity contribution in [3.63, 3.8) is 0 Å². The minimum Gasteiger partial charge on any atom is -0.356 e. The number of aromatic nitrogens is 2. The van der Waals surface area contributed by atoms with E-state index < -0.39 is 0 Å². The van der Waals surface area contributed by atoms with Crippen molar-refractivity contribution in [2.45, 2.75) is 45.4 Å². The summed E-state index contributed by atoms with van der Waals surface area (Å²) in [5, 5.41) is 6.68. The number of nitrogens with one attached hydrogen (secondary N) is 2. The van der Waals surface area contributed by atoms with Crippen LogP contribution in [0.4, 0.5) is 5.95 Å². The Morgan fingerprint density at radius 1 is 1.13 bits per heavy atom. The molecular weight excluding hydrogens is 505 g/mol. The summed E-state index contributed by atoms with van der Waals surface area (Å²) >= 11 is 0. The van der Waals surface area contributed by atoms with Crippen LogP contribution in [0.25, 0.3) is 0 Å². The van der Waals surface area contributed by atoms with Crippen LogP contribution in [0.2, 0.25) is 0 Å². The van der Waals surface area contributed by atoms with E-state index in [1.165, 1.54) is 32.1 Å². The van der Waals surface area contributed by atoms with E-state index in [0.717, 1.165) is 43.4 Å². The topological polar surface area (TPSA) is 85.8 Å². The quantitative estimate of drug-likeness (QED) is 0.313. The molecule has 1 saturated carbocycles. The molecule has 0 bridgehead atoms. The second kappa shape index (κ2) is 13.7. The van der Waals surface area contributed by atoms with Crippen LogP contribution in [0.15, 0.2) is 23.5 Å². The monoisotopic (exact) mass is 543 g/mol. The zero-order chi connectivity index (χ0) is 21.2. The third-order valence-electron chi connectivity index (χ3n) is 6.21. The molecule has 9 heteroatoms. The van der Waals surface area contributed by atoms with Crippen molar-refractivity contribution >= 4 is 41.8 Å². The van der Waals surface area contributed by atoms with Crippen LogP contribution in [0.5, 0.6) is 0 Å². The number of aliphatic imine (C=N–C) groups is 1. The summed E-state index contributed by atoms with van der Waals surface area (Å²) in [5.74, 6) is 3.42. The number of hydrogen-bond acceptors (Lipinski definition) is 5. The Hall–Kier alpha value is -1.65. The van der Waals surface area contributed by atoms with Gasteiger partial charge >= 0.3 is 0 Å². The van der Waals surface area contributed by atoms with E-state index in [2.05, 4.69) is 37.4 Å². The Bertz CT molecular complexity index is 680. The van der Waals surface area contributed by atoms with Gasteiger partial charge < -0.3 is 20.4 Å². The van der Waals surface area contributed by atoms with Gasteiger partial charge in [0.1, 0.15) is 0 Å². The van der Waals surface area contributed by atoms with Crippen molar-refractivity contribution in [1.82, 2.24) is 25.5 Å². The summed E-state index contributed by atoms with van der Waals surface area (Å²) in [6, 6.07) is 1.81. The highest BCUT2D eigenvalue weighted by Crippen LogP contribution is 2.30. The second-order valence-electron chi connectivity index (χ2n) is 8.52. The van der Waals surface area contributed by atoms with E-state index in [9.17, 15) is 4.79 Å². The van der Waals surface area contributed by atoms with Gasteiger partial charge in [-0.3, -0.25) is 9.79 Å². The summed E-state index contributed by atoms with van der Waals surface area (Å²) in [4.78, 5) is 29.5. The van der Waals surface area contributed by atoms with Gasteiger partial charge in [-0.25, -0.2) is 9.97 Å². The molecule has 1 aromatic heterocycles. The van der Waals surface area contributed by atoms with E-state index in [1.807, 2.05) is 11.0 Å². The van der Waals surface area contributed by atoms with Crippen molar-refractivity contribution < 1.29 is 4.79 Å². The molecule has 3 rings (SSSR count). The lowest BCUT2D eigenvalue weighted by atomic mass is 9.81. The average molecular weight is 543 g/mol. The first-order valence-corrected chi connectivity index (χ1v) is 11.4. The molecule has 1 aromatic rings. The number of guanidine groups is 1. The summed E-state index contributed by atoms with van der Waals surface area (Å²) in [7, 11) is 1.78. The number of halogens is 1. The maximum Gasteiger partial charge on any atom is 0.225 e. The first-order chi connectivity index (χ1) is 14.7. The molecule has 2 unspecified atom stereocenters. The first kappa shape index (κ1) is 25.6. The fraction of sp³-hybridized carbons (Fsp3) is 0.727. The van der Waals surface area contributed by atoms with Crippen molar-refractivity contribution in [2.24, 2.45) is 16.8 Å². The number of piperazine rings is 1. The van der Waals surface area contributed by atoms with Crippen LogP contribution in [0, 0.1) is 11.8 Å². The molecule has 2 aliphatic rings. The lowest BCUT2D eigenvalue weighted by Crippen LogP contribution is -2.50. The number of rotatable bonds is 7. The number of carbonyl (C=O) groups excluding carboxylic acids is 1. The molecule has 2 fully saturated rings. The number of anilines is 1. The van der Waals surface area contributed by atoms with Gasteiger partial charge in [0.05, 0.1) is 0 Å². The SMILES string of the molecule is CN=C(NCCC(=O)N1CCN(c2ncccn2)CC1)NCCC1CCCC(C)C1.I. The molecule has 2 N–H and O–H groups in total. The summed E-state index contributed by atoms with van der Waals surface area (Å²) in [6.07, 6.45) is 10.6. The van der Waals surface area contributed by atoms with Gasteiger partial charge in [0.2, 0.25) is 11.9 Å². The van der Waals surface area contributed by atoms with Gasteiger partial charge in [-0.1, -0.05) is 26.2 Å². The van der Waals surface area contributed by atoms with E-state index in [-0.39, 0.29) is 29.9 Å². The lowest BCUT2D eigenvalue weighted by Gasteiger charge is -2.34. The largest absolute Gasteiger partial charge is 0.356 e. The van der Waals surface area contributed by atoms with Crippen LogP contribution in [0.1, 0.15) is 45.4 Å². The molecule has 0 aromatic carbocycles. The van der Waals surface area contributed by atoms with Crippen LogP contribution < -0.4 is 15.5 Å². The van der Waals surface area contributed by atoms with Crippen LogP contribution in [-0.4, -0.2) is 73.1 Å². The molecule has 2 atom stereocenters. The van der Waals surface area contributed by atoms with Crippen LogP contribution >= 0.6 is 24.0 Å². The number of nitrogens with zero attached hydrogens (tertiary/aromatic N) is 5. The molecule has 174 valence electrons. The average Bonchev–Trinajstić information content (AvgIpc) is 2.78. The fourth-order valence-electron chi connectivity index (χ4n) is 4.49. The smallest absolute Gasteiger partial charge is 0.225 e. The van der Waals surface area contributed by atoms with Gasteiger partial charge in [0, 0.05) is 65.1 Å². The molecule has 31 heavy (non-hydrogen) atoms. The highest BCUT2D eigenvalue weighted by molar-refractivity contribution is 14.0. The summed E-state index contributed by atoms with van der Waals surface area (Å²) in [6.45, 7) is 6.87. The molecule has 1 amide bonds. The molecular formula is C22H38IN7O. The molecule has 2 heterocycles. The zero-order valence-electron chi connectivity index (χ0n) is 18.9. The van der Waals surface area contributed by atoms with Crippen LogP contribution in [0.3, 0.4) is 0 Å². The maximum atomic E-state index is 12.5. The zero-order valence-corrected chi connectivity index (χ0v) is 21.3. The number of carbonyl (C=O) groups is 1. The van der Waals surface area contributed by atoms with Crippen molar-refractivity contribution in [3.05, 3.63) is 18.5 Å². The number of hydrogen-bond donors (Lipinski definition) is 2. The van der Waals surface area contributed by atoms with Crippen LogP contribution in [-0.2, 0) is 4.79 Å². The van der Waals surface area contributed by atoms with E-state index in [0.29, 0.717) is 26.1 Å². The first-order valence-electron chi connectivity index (χ1n) is 11.4. The summed E-state index contributed by atoms with van der Waals surface area (Å²) in [5.41, 5.74) is 0. The van der Waals surface area contributed by atoms with E-state index in [1.54, 1.807) is 19.4 Å². The molecule has 1 aliphatic carbocycles. The highest BCUT2D eigenvalue weighted by Gasteiger charge is 2.22. The van der Waals surface area contributed by atoms with E-state index >= 15 is 0 Å². The van der Waals surface area contributed by atoms with Crippen molar-refractivity contribution in [3.8, 4) is 0 Å². The predicted octanol–water partition coefficient (Wildman–Crippen LogP) is 2.51. The second-order valence-corrected chi connectivity index (χ2v) is 8.52. The third kappa shape index (κ3) is 8.42.